The van der Waals surface area contributed by atoms with Gasteiger partial charge in [0.25, 0.3) is 0 Å². The molecule has 9 heavy (non-hydrogen) atoms. The zero-order valence-corrected chi connectivity index (χ0v) is 6.19. The molecule has 0 aromatic carbocycles. The Morgan fingerprint density at radius 2 is 2.44 bits per heavy atom. The molecule has 1 aliphatic carbocycles. The normalized spacial score (nSPS) is 34.3. The summed E-state index contributed by atoms with van der Waals surface area (Å²) in [7, 11) is 0. The smallest absolute Gasteiger partial charge is 0.0803 e. The summed E-state index contributed by atoms with van der Waals surface area (Å²) in [4.78, 5) is -0.224. The first-order chi connectivity index (χ1) is 4.27. The fourth-order valence-electron chi connectivity index (χ4n) is 1.02. The van der Waals surface area contributed by atoms with E-state index in [0.717, 1.165) is 6.42 Å². The van der Waals surface area contributed by atoms with Crippen LogP contribution in [0.2, 0.25) is 0 Å². The van der Waals surface area contributed by atoms with Crippen molar-refractivity contribution in [2.75, 3.05) is 0 Å². The van der Waals surface area contributed by atoms with Crippen LogP contribution in [0.3, 0.4) is 0 Å². The van der Waals surface area contributed by atoms with E-state index < -0.39 is 0 Å². The molecule has 1 atom stereocenters. The van der Waals surface area contributed by atoms with Gasteiger partial charge in [-0.1, -0.05) is 18.2 Å². The molecule has 0 saturated heterocycles. The van der Waals surface area contributed by atoms with Crippen molar-refractivity contribution in [2.45, 2.75) is 24.1 Å². The Balaban J connectivity index is 2.67. The minimum absolute atomic E-state index is 0.224. The SMILES string of the molecule is C=CC1(Cl)C=CCCC1. The predicted molar refractivity (Wildman–Crippen MR) is 41.8 cm³/mol. The quantitative estimate of drug-likeness (QED) is 0.390. The number of rotatable bonds is 1. The average molecular weight is 143 g/mol. The van der Waals surface area contributed by atoms with E-state index in [2.05, 4.69) is 12.7 Å². The molecule has 0 heterocycles. The van der Waals surface area contributed by atoms with Crippen molar-refractivity contribution in [1.82, 2.24) is 0 Å². The van der Waals surface area contributed by atoms with Crippen molar-refractivity contribution < 1.29 is 0 Å². The van der Waals surface area contributed by atoms with Crippen LogP contribution in [0.25, 0.3) is 0 Å². The van der Waals surface area contributed by atoms with Gasteiger partial charge >= 0.3 is 0 Å². The van der Waals surface area contributed by atoms with Crippen molar-refractivity contribution >= 4 is 11.6 Å². The van der Waals surface area contributed by atoms with Gasteiger partial charge in [0.15, 0.2) is 0 Å². The molecule has 0 aliphatic heterocycles. The first-order valence-electron chi connectivity index (χ1n) is 3.27. The van der Waals surface area contributed by atoms with Crippen LogP contribution in [-0.2, 0) is 0 Å². The van der Waals surface area contributed by atoms with Crippen LogP contribution >= 0.6 is 11.6 Å². The summed E-state index contributed by atoms with van der Waals surface area (Å²) in [5, 5.41) is 0. The van der Waals surface area contributed by atoms with Gasteiger partial charge in [0.1, 0.15) is 0 Å². The van der Waals surface area contributed by atoms with Crippen molar-refractivity contribution in [3.63, 3.8) is 0 Å². The summed E-state index contributed by atoms with van der Waals surface area (Å²) in [6.07, 6.45) is 9.36. The highest BCUT2D eigenvalue weighted by atomic mass is 35.5. The second-order valence-electron chi connectivity index (χ2n) is 2.43. The molecule has 0 nitrogen and oxygen atoms in total. The van der Waals surface area contributed by atoms with Gasteiger partial charge in [0.2, 0.25) is 0 Å². The zero-order chi connectivity index (χ0) is 6.74. The Morgan fingerprint density at radius 3 is 2.78 bits per heavy atom. The number of alkyl halides is 1. The molecule has 50 valence electrons. The van der Waals surface area contributed by atoms with E-state index in [9.17, 15) is 0 Å². The van der Waals surface area contributed by atoms with Crippen LogP contribution in [-0.4, -0.2) is 4.87 Å². The molecule has 1 unspecified atom stereocenters. The van der Waals surface area contributed by atoms with Gasteiger partial charge in [-0.2, -0.15) is 0 Å². The lowest BCUT2D eigenvalue weighted by molar-refractivity contribution is 0.659. The summed E-state index contributed by atoms with van der Waals surface area (Å²) < 4.78 is 0. The maximum Gasteiger partial charge on any atom is 0.0803 e. The average Bonchev–Trinajstić information content (AvgIpc) is 1.90. The van der Waals surface area contributed by atoms with Gasteiger partial charge in [-0.25, -0.2) is 0 Å². The first kappa shape index (κ1) is 6.88. The standard InChI is InChI=1S/C8H11Cl/c1-2-8(9)6-4-3-5-7-8/h2,4,6H,1,3,5,7H2. The Labute approximate surface area is 61.2 Å². The van der Waals surface area contributed by atoms with Crippen LogP contribution in [0.1, 0.15) is 19.3 Å². The highest BCUT2D eigenvalue weighted by molar-refractivity contribution is 6.26. The summed E-state index contributed by atoms with van der Waals surface area (Å²) >= 11 is 6.05. The third-order valence-electron chi connectivity index (χ3n) is 1.66. The van der Waals surface area contributed by atoms with Crippen molar-refractivity contribution in [3.05, 3.63) is 24.8 Å². The summed E-state index contributed by atoms with van der Waals surface area (Å²) in [5.41, 5.74) is 0. The topological polar surface area (TPSA) is 0 Å². The van der Waals surface area contributed by atoms with Crippen LogP contribution in [0, 0.1) is 0 Å². The van der Waals surface area contributed by atoms with E-state index in [1.54, 1.807) is 0 Å². The second kappa shape index (κ2) is 2.57. The van der Waals surface area contributed by atoms with E-state index in [0.29, 0.717) is 0 Å². The van der Waals surface area contributed by atoms with Crippen molar-refractivity contribution in [2.24, 2.45) is 0 Å². The Morgan fingerprint density at radius 1 is 1.67 bits per heavy atom. The van der Waals surface area contributed by atoms with Crippen LogP contribution in [0.4, 0.5) is 0 Å². The number of hydrogen-bond acceptors (Lipinski definition) is 0. The van der Waals surface area contributed by atoms with E-state index in [1.807, 2.05) is 12.2 Å². The molecule has 0 radical (unpaired) electrons. The summed E-state index contributed by atoms with van der Waals surface area (Å²) in [6, 6.07) is 0. The Bertz CT molecular complexity index is 138. The lowest BCUT2D eigenvalue weighted by Crippen LogP contribution is -2.16. The van der Waals surface area contributed by atoms with Crippen LogP contribution in [0.5, 0.6) is 0 Å². The van der Waals surface area contributed by atoms with E-state index >= 15 is 0 Å². The van der Waals surface area contributed by atoms with Crippen molar-refractivity contribution in [3.8, 4) is 0 Å². The lowest BCUT2D eigenvalue weighted by Gasteiger charge is -2.21. The van der Waals surface area contributed by atoms with E-state index in [-0.39, 0.29) is 4.87 Å². The molecule has 1 heteroatoms. The third-order valence-corrected chi connectivity index (χ3v) is 2.13. The molecule has 0 N–H and O–H groups in total. The van der Waals surface area contributed by atoms with E-state index in [1.165, 1.54) is 12.8 Å². The molecular weight excluding hydrogens is 132 g/mol. The molecule has 1 aliphatic rings. The maximum atomic E-state index is 6.05. The van der Waals surface area contributed by atoms with Crippen LogP contribution in [0.15, 0.2) is 24.8 Å². The number of allylic oxidation sites excluding steroid dienone is 3. The number of halogens is 1. The number of hydrogen-bond donors (Lipinski definition) is 0. The first-order valence-corrected chi connectivity index (χ1v) is 3.65. The monoisotopic (exact) mass is 142 g/mol. The Kier molecular flexibility index (Phi) is 1.97. The molecular formula is C8H11Cl. The Hall–Kier alpha value is -0.230. The molecule has 0 fully saturated rings. The predicted octanol–water partition coefficient (Wildman–Crippen LogP) is 2.89. The minimum Gasteiger partial charge on any atom is -0.110 e. The van der Waals surface area contributed by atoms with Gasteiger partial charge in [-0.05, 0) is 19.3 Å². The minimum atomic E-state index is -0.224. The van der Waals surface area contributed by atoms with Gasteiger partial charge in [-0.15, -0.1) is 18.2 Å². The van der Waals surface area contributed by atoms with Gasteiger partial charge in [0.05, 0.1) is 4.87 Å². The maximum absolute atomic E-state index is 6.05. The molecule has 0 bridgehead atoms. The highest BCUT2D eigenvalue weighted by Gasteiger charge is 2.20. The summed E-state index contributed by atoms with van der Waals surface area (Å²) in [6.45, 7) is 3.67. The summed E-state index contributed by atoms with van der Waals surface area (Å²) in [5.74, 6) is 0. The third kappa shape index (κ3) is 1.59. The zero-order valence-electron chi connectivity index (χ0n) is 5.44. The second-order valence-corrected chi connectivity index (χ2v) is 3.13. The largest absolute Gasteiger partial charge is 0.110 e. The molecule has 0 aromatic rings. The van der Waals surface area contributed by atoms with Crippen LogP contribution < -0.4 is 0 Å². The van der Waals surface area contributed by atoms with Gasteiger partial charge in [0, 0.05) is 0 Å². The molecule has 0 spiro atoms. The fourth-order valence-corrected chi connectivity index (χ4v) is 1.25. The van der Waals surface area contributed by atoms with Crippen molar-refractivity contribution in [1.29, 1.82) is 0 Å². The fraction of sp³-hybridized carbons (Fsp3) is 0.500. The lowest BCUT2D eigenvalue weighted by atomic mass is 9.95. The highest BCUT2D eigenvalue weighted by Crippen LogP contribution is 2.29. The van der Waals surface area contributed by atoms with Gasteiger partial charge < -0.3 is 0 Å². The van der Waals surface area contributed by atoms with E-state index in [4.69, 9.17) is 11.6 Å². The molecule has 0 saturated carbocycles. The molecule has 1 rings (SSSR count). The molecule has 0 amide bonds. The molecule has 0 aromatic heterocycles. The van der Waals surface area contributed by atoms with Gasteiger partial charge in [-0.3, -0.25) is 0 Å².